The number of carbonyl (C=O) groups is 4. The fraction of sp³-hybridized carbons (Fsp3) is 0.719. The Labute approximate surface area is 263 Å². The molecule has 3 fully saturated rings. The quantitative estimate of drug-likeness (QED) is 0.103. The molecule has 0 spiro atoms. The zero-order chi connectivity index (χ0) is 31.8. The Morgan fingerprint density at radius 3 is 2.70 bits per heavy atom. The second-order valence-corrected chi connectivity index (χ2v) is 13.7. The van der Waals surface area contributed by atoms with Gasteiger partial charge >= 0.3 is 5.97 Å². The van der Waals surface area contributed by atoms with E-state index in [-0.39, 0.29) is 42.6 Å². The molecule has 9 atom stereocenters. The lowest BCUT2D eigenvalue weighted by atomic mass is 9.44. The van der Waals surface area contributed by atoms with Gasteiger partial charge in [-0.3, -0.25) is 19.2 Å². The lowest BCUT2D eigenvalue weighted by Gasteiger charge is -2.62. The number of aliphatic hydroxyl groups excluding tert-OH is 1. The summed E-state index contributed by atoms with van der Waals surface area (Å²) in [5.41, 5.74) is -5.25. The number of amides is 1. The SMILES string of the molecule is CCCC(NC=O)C(=S)OCCCC(=O)O[C@]1(C(=O)CCl)[C@@H](C)C[C@H]2[C@@H]3CCC4=CC(=O)C=C[C@]4(C)[C@@]3(F)[C@@H](O)C[C@@]21C. The topological polar surface area (TPSA) is 119 Å². The predicted molar refractivity (Wildman–Crippen MR) is 163 cm³/mol. The summed E-state index contributed by atoms with van der Waals surface area (Å²) < 4.78 is 29.2. The van der Waals surface area contributed by atoms with Crippen molar-refractivity contribution in [2.75, 3.05) is 12.5 Å². The molecule has 43 heavy (non-hydrogen) atoms. The number of allylic oxidation sites excluding steroid dienone is 4. The van der Waals surface area contributed by atoms with Crippen LogP contribution in [0.25, 0.3) is 0 Å². The van der Waals surface area contributed by atoms with Gasteiger partial charge in [0.15, 0.2) is 27.9 Å². The van der Waals surface area contributed by atoms with Gasteiger partial charge in [0, 0.05) is 29.1 Å². The van der Waals surface area contributed by atoms with E-state index >= 15 is 4.39 Å². The monoisotopic (exact) mass is 639 g/mol. The van der Waals surface area contributed by atoms with E-state index < -0.39 is 63.7 Å². The normalized spacial score (nSPS) is 38.6. The molecule has 2 N–H and O–H groups in total. The maximum Gasteiger partial charge on any atom is 0.306 e. The van der Waals surface area contributed by atoms with Gasteiger partial charge in [-0.05, 0) is 75.7 Å². The number of alkyl halides is 2. The first kappa shape index (κ1) is 33.7. The minimum atomic E-state index is -2.06. The van der Waals surface area contributed by atoms with Crippen LogP contribution in [0.3, 0.4) is 0 Å². The van der Waals surface area contributed by atoms with Gasteiger partial charge in [-0.15, -0.1) is 11.6 Å². The zero-order valence-corrected chi connectivity index (χ0v) is 26.9. The van der Waals surface area contributed by atoms with Crippen molar-refractivity contribution in [1.29, 1.82) is 0 Å². The minimum Gasteiger partial charge on any atom is -0.485 e. The first-order chi connectivity index (χ1) is 20.3. The summed E-state index contributed by atoms with van der Waals surface area (Å²) in [6.45, 7) is 7.48. The highest BCUT2D eigenvalue weighted by atomic mass is 35.5. The molecule has 0 saturated heterocycles. The van der Waals surface area contributed by atoms with Crippen LogP contribution in [0.4, 0.5) is 4.39 Å². The van der Waals surface area contributed by atoms with Crippen molar-refractivity contribution < 1.29 is 38.1 Å². The Bertz CT molecular complexity index is 1230. The number of thiocarbonyl (C=S) groups is 1. The highest BCUT2D eigenvalue weighted by Crippen LogP contribution is 2.71. The van der Waals surface area contributed by atoms with Crippen LogP contribution in [0, 0.1) is 28.6 Å². The molecule has 0 aromatic heterocycles. The van der Waals surface area contributed by atoms with Crippen LogP contribution in [0.2, 0.25) is 0 Å². The molecule has 0 bridgehead atoms. The van der Waals surface area contributed by atoms with Gasteiger partial charge in [0.1, 0.15) is 0 Å². The van der Waals surface area contributed by atoms with E-state index in [1.807, 2.05) is 20.8 Å². The number of ketones is 2. The van der Waals surface area contributed by atoms with Crippen molar-refractivity contribution in [2.24, 2.45) is 28.6 Å². The Balaban J connectivity index is 1.55. The fourth-order valence-electron chi connectivity index (χ4n) is 8.86. The number of fused-ring (bicyclic) bond motifs is 5. The van der Waals surface area contributed by atoms with E-state index in [0.29, 0.717) is 37.7 Å². The average molecular weight is 640 g/mol. The van der Waals surface area contributed by atoms with Crippen molar-refractivity contribution in [3.8, 4) is 0 Å². The molecule has 4 aliphatic rings. The molecular weight excluding hydrogens is 597 g/mol. The molecule has 4 aliphatic carbocycles. The maximum atomic E-state index is 17.5. The second-order valence-electron chi connectivity index (χ2n) is 13.1. The van der Waals surface area contributed by atoms with Gasteiger partial charge in [-0.2, -0.15) is 0 Å². The van der Waals surface area contributed by atoms with E-state index in [4.69, 9.17) is 33.3 Å². The summed E-state index contributed by atoms with van der Waals surface area (Å²) >= 11 is 11.4. The van der Waals surface area contributed by atoms with E-state index in [1.54, 1.807) is 13.0 Å². The summed E-state index contributed by atoms with van der Waals surface area (Å²) in [6.07, 6.45) is 6.38. The summed E-state index contributed by atoms with van der Waals surface area (Å²) in [4.78, 5) is 50.0. The second kappa shape index (κ2) is 12.7. The summed E-state index contributed by atoms with van der Waals surface area (Å²) in [5.74, 6) is -3.11. The minimum absolute atomic E-state index is 0.0585. The van der Waals surface area contributed by atoms with Crippen molar-refractivity contribution in [1.82, 2.24) is 5.32 Å². The first-order valence-corrected chi connectivity index (χ1v) is 16.2. The van der Waals surface area contributed by atoms with Crippen LogP contribution in [0.5, 0.6) is 0 Å². The number of hydrogen-bond acceptors (Lipinski definition) is 8. The Morgan fingerprint density at radius 1 is 1.33 bits per heavy atom. The third-order valence-corrected chi connectivity index (χ3v) is 11.5. The third kappa shape index (κ3) is 5.29. The number of rotatable bonds is 12. The van der Waals surface area contributed by atoms with Crippen LogP contribution in [-0.2, 0) is 28.7 Å². The van der Waals surface area contributed by atoms with Crippen LogP contribution in [0.15, 0.2) is 23.8 Å². The van der Waals surface area contributed by atoms with Gasteiger partial charge in [-0.1, -0.05) is 38.8 Å². The molecule has 0 radical (unpaired) electrons. The summed E-state index contributed by atoms with van der Waals surface area (Å²) in [5, 5.41) is 14.5. The Hall–Kier alpha value is -2.17. The van der Waals surface area contributed by atoms with Crippen molar-refractivity contribution >= 4 is 52.8 Å². The summed E-state index contributed by atoms with van der Waals surface area (Å²) in [7, 11) is 0. The molecule has 8 nitrogen and oxygen atoms in total. The first-order valence-electron chi connectivity index (χ1n) is 15.2. The third-order valence-electron chi connectivity index (χ3n) is 10.9. The molecule has 3 saturated carbocycles. The van der Waals surface area contributed by atoms with Crippen LogP contribution in [-0.4, -0.2) is 70.0 Å². The number of hydrogen-bond donors (Lipinski definition) is 2. The molecule has 1 unspecified atom stereocenters. The Morgan fingerprint density at radius 2 is 2.05 bits per heavy atom. The predicted octanol–water partition coefficient (Wildman–Crippen LogP) is 4.73. The highest BCUT2D eigenvalue weighted by molar-refractivity contribution is 7.80. The Kier molecular flexibility index (Phi) is 9.94. The van der Waals surface area contributed by atoms with Crippen LogP contribution >= 0.6 is 23.8 Å². The lowest BCUT2D eigenvalue weighted by molar-refractivity contribution is -0.227. The fourth-order valence-corrected chi connectivity index (χ4v) is 9.33. The number of ether oxygens (including phenoxy) is 2. The van der Waals surface area contributed by atoms with E-state index in [0.717, 1.165) is 6.42 Å². The van der Waals surface area contributed by atoms with Gasteiger partial charge in [0.25, 0.3) is 0 Å². The van der Waals surface area contributed by atoms with E-state index in [9.17, 15) is 24.3 Å². The number of aliphatic hydroxyl groups is 1. The summed E-state index contributed by atoms with van der Waals surface area (Å²) in [6, 6.07) is -0.399. The smallest absolute Gasteiger partial charge is 0.306 e. The van der Waals surface area contributed by atoms with Gasteiger partial charge in [0.2, 0.25) is 6.41 Å². The standard InChI is InChI=1S/C32H43ClFNO7S/c1-5-7-24(35-18-36)28(43)41-13-6-8-27(40)42-32(26(39)17-33)19(2)14-23-22-10-9-20-15-21(37)11-12-29(20,3)31(22,34)25(38)16-30(23,32)4/h11-12,15,18-19,22-25,38H,5-10,13-14,16-17H2,1-4H3,(H,35,36)/t19-,22-,23-,24?,25-,29-,30-,31-,32-/m0/s1. The molecule has 238 valence electrons. The van der Waals surface area contributed by atoms with Crippen molar-refractivity contribution in [3.63, 3.8) is 0 Å². The van der Waals surface area contributed by atoms with Gasteiger partial charge in [0.05, 0.1) is 24.6 Å². The van der Waals surface area contributed by atoms with Crippen LogP contribution in [0.1, 0.15) is 79.1 Å². The van der Waals surface area contributed by atoms with E-state index in [2.05, 4.69) is 5.32 Å². The molecule has 1 amide bonds. The number of halogens is 2. The number of Topliss-reactive ketones (excluding diaryl/α,β-unsaturated/α-hetero) is 1. The molecule has 11 heteroatoms. The molecular formula is C32H43ClFNO7S. The van der Waals surface area contributed by atoms with Crippen LogP contribution < -0.4 is 5.32 Å². The largest absolute Gasteiger partial charge is 0.485 e. The molecule has 0 aliphatic heterocycles. The number of carbonyl (C=O) groups excluding carboxylic acids is 4. The highest BCUT2D eigenvalue weighted by Gasteiger charge is 2.77. The average Bonchev–Trinajstić information content (AvgIpc) is 3.17. The van der Waals surface area contributed by atoms with Crippen molar-refractivity contribution in [2.45, 2.75) is 102 Å². The molecule has 0 aromatic carbocycles. The molecule has 4 rings (SSSR count). The van der Waals surface area contributed by atoms with Crippen molar-refractivity contribution in [3.05, 3.63) is 23.8 Å². The molecule has 0 heterocycles. The lowest BCUT2D eigenvalue weighted by Crippen LogP contribution is -2.70. The van der Waals surface area contributed by atoms with Gasteiger partial charge < -0.3 is 19.9 Å². The van der Waals surface area contributed by atoms with Gasteiger partial charge in [-0.25, -0.2) is 4.39 Å². The maximum absolute atomic E-state index is 17.5. The zero-order valence-electron chi connectivity index (χ0n) is 25.3. The number of nitrogens with one attached hydrogen (secondary N) is 1. The molecule has 0 aromatic rings. The number of esters is 1. The van der Waals surface area contributed by atoms with E-state index in [1.165, 1.54) is 12.2 Å².